The van der Waals surface area contributed by atoms with Crippen LogP contribution >= 0.6 is 17.9 Å². The normalized spacial score (nSPS) is 7.44. The maximum Gasteiger partial charge on any atom is 0.239 e. The maximum absolute atomic E-state index is 7.87. The fraction of sp³-hybridized carbons (Fsp3) is 0.200. The molecule has 0 saturated carbocycles. The molecular formula is C10H18O2PS2Zn-3. The van der Waals surface area contributed by atoms with Gasteiger partial charge >= 0.3 is 0 Å². The third-order valence-corrected chi connectivity index (χ3v) is 0.607. The molecule has 2 N–H and O–H groups in total. The molecule has 2 nitrogen and oxygen atoms in total. The topological polar surface area (TPSA) is 40.5 Å². The van der Waals surface area contributed by atoms with Crippen LogP contribution in [0.5, 0.6) is 0 Å². The summed E-state index contributed by atoms with van der Waals surface area (Å²) in [5.74, 6) is 0. The monoisotopic (exact) mass is 329 g/mol. The Morgan fingerprint density at radius 3 is 1.38 bits per heavy atom. The van der Waals surface area contributed by atoms with E-state index in [0.717, 1.165) is 0 Å². The Labute approximate surface area is 123 Å². The molecule has 0 atom stereocenters. The molecule has 0 aliphatic carbocycles. The van der Waals surface area contributed by atoms with E-state index in [-0.39, 0.29) is 19.5 Å². The summed E-state index contributed by atoms with van der Waals surface area (Å²) < 4.78 is 0. The SMILES string of the molecule is OP(O)(=S)S.[CH2-]C.[CH2-]C.[Zn].[c-]1ccccc1. The average Bonchev–Trinajstić information content (AvgIpc) is 2.24. The molecule has 0 amide bonds. The van der Waals surface area contributed by atoms with Crippen molar-refractivity contribution in [3.05, 3.63) is 50.2 Å². The van der Waals surface area contributed by atoms with E-state index in [4.69, 9.17) is 9.79 Å². The Morgan fingerprint density at radius 1 is 1.06 bits per heavy atom. The van der Waals surface area contributed by atoms with E-state index in [1.54, 1.807) is 13.8 Å². The molecule has 0 heterocycles. The van der Waals surface area contributed by atoms with Gasteiger partial charge in [-0.1, -0.05) is 12.2 Å². The third kappa shape index (κ3) is 61.1. The molecule has 0 radical (unpaired) electrons. The zero-order chi connectivity index (χ0) is 12.7. The minimum absolute atomic E-state index is 0. The molecule has 0 bridgehead atoms. The van der Waals surface area contributed by atoms with E-state index in [0.29, 0.717) is 0 Å². The van der Waals surface area contributed by atoms with Crippen LogP contribution in [0.2, 0.25) is 0 Å². The predicted octanol–water partition coefficient (Wildman–Crippen LogP) is 3.29. The second-order valence-corrected chi connectivity index (χ2v) is 6.63. The van der Waals surface area contributed by atoms with Crippen LogP contribution in [0.3, 0.4) is 0 Å². The summed E-state index contributed by atoms with van der Waals surface area (Å²) in [7, 11) is 0. The van der Waals surface area contributed by atoms with E-state index in [2.05, 4.69) is 44.0 Å². The smallest absolute Gasteiger partial charge is 0.239 e. The van der Waals surface area contributed by atoms with Crippen LogP contribution in [0, 0.1) is 19.9 Å². The molecule has 0 unspecified atom stereocenters. The van der Waals surface area contributed by atoms with E-state index in [1.807, 2.05) is 30.3 Å². The van der Waals surface area contributed by atoms with Gasteiger partial charge in [-0.3, -0.25) is 0 Å². The molecule has 1 rings (SSSR count). The Morgan fingerprint density at radius 2 is 1.31 bits per heavy atom. The molecule has 6 heteroatoms. The second kappa shape index (κ2) is 21.1. The molecule has 0 spiro atoms. The van der Waals surface area contributed by atoms with Crippen molar-refractivity contribution in [3.8, 4) is 0 Å². The summed E-state index contributed by atoms with van der Waals surface area (Å²) in [6.07, 6.45) is 0. The summed E-state index contributed by atoms with van der Waals surface area (Å²) in [5, 5.41) is 0. The van der Waals surface area contributed by atoms with Gasteiger partial charge in [-0.15, -0.1) is 0 Å². The molecule has 1 aromatic rings. The largest absolute Gasteiger partial charge is 0.346 e. The van der Waals surface area contributed by atoms with Gasteiger partial charge in [0.1, 0.15) is 0 Å². The first-order valence-corrected chi connectivity index (χ1v) is 7.97. The number of hydrogen-bond donors (Lipinski definition) is 3. The molecule has 16 heavy (non-hydrogen) atoms. The van der Waals surface area contributed by atoms with Crippen LogP contribution in [-0.4, -0.2) is 9.79 Å². The van der Waals surface area contributed by atoms with E-state index >= 15 is 0 Å². The van der Waals surface area contributed by atoms with Gasteiger partial charge in [0.05, 0.1) is 0 Å². The first-order valence-electron chi connectivity index (χ1n) is 4.11. The van der Waals surface area contributed by atoms with Crippen LogP contribution in [0.4, 0.5) is 0 Å². The van der Waals surface area contributed by atoms with Gasteiger partial charge in [0.2, 0.25) is 5.69 Å². The minimum atomic E-state index is -3.11. The van der Waals surface area contributed by atoms with Gasteiger partial charge < -0.3 is 23.6 Å². The van der Waals surface area contributed by atoms with Gasteiger partial charge in [0.15, 0.2) is 0 Å². The molecule has 0 saturated heterocycles. The molecule has 1 aromatic carbocycles. The maximum atomic E-state index is 7.87. The van der Waals surface area contributed by atoms with Crippen LogP contribution in [-0.2, 0) is 31.3 Å². The summed E-state index contributed by atoms with van der Waals surface area (Å²) in [6.45, 7) is 10.0. The number of rotatable bonds is 0. The van der Waals surface area contributed by atoms with Crippen molar-refractivity contribution < 1.29 is 29.3 Å². The summed E-state index contributed by atoms with van der Waals surface area (Å²) in [5.41, 5.74) is -3.11. The molecule has 0 aliphatic heterocycles. The van der Waals surface area contributed by atoms with Crippen molar-refractivity contribution in [3.63, 3.8) is 0 Å². The van der Waals surface area contributed by atoms with Crippen LogP contribution in [0.15, 0.2) is 30.3 Å². The van der Waals surface area contributed by atoms with Crippen molar-refractivity contribution >= 4 is 29.7 Å². The fourth-order valence-electron chi connectivity index (χ4n) is 0.342. The number of benzene rings is 1. The van der Waals surface area contributed by atoms with Crippen LogP contribution in [0.1, 0.15) is 13.8 Å². The standard InChI is InChI=1S/C6H5.2C2H5.H3O2PS2.Zn/c1-2-4-6-5-3-1;2*1-2;1-3(2,4)5;/h1-5H;2*1H2,2H3;(H3,1,2,4,5);/q3*-1;;. The Kier molecular flexibility index (Phi) is 33.7. The van der Waals surface area contributed by atoms with Crippen LogP contribution in [0.25, 0.3) is 0 Å². The second-order valence-electron chi connectivity index (χ2n) is 1.59. The minimum Gasteiger partial charge on any atom is -0.346 e. The fourth-order valence-corrected chi connectivity index (χ4v) is 0.342. The Hall–Kier alpha value is 0.763. The van der Waals surface area contributed by atoms with Gasteiger partial charge in [0.25, 0.3) is 0 Å². The van der Waals surface area contributed by atoms with Crippen molar-refractivity contribution in [1.29, 1.82) is 0 Å². The number of thiol groups is 1. The van der Waals surface area contributed by atoms with Crippen molar-refractivity contribution in [1.82, 2.24) is 0 Å². The van der Waals surface area contributed by atoms with E-state index in [9.17, 15) is 0 Å². The zero-order valence-corrected chi connectivity index (χ0v) is 15.3. The van der Waals surface area contributed by atoms with Gasteiger partial charge in [-0.05, 0) is 11.8 Å². The van der Waals surface area contributed by atoms with Gasteiger partial charge in [-0.2, -0.15) is 50.2 Å². The van der Waals surface area contributed by atoms with Crippen molar-refractivity contribution in [2.75, 3.05) is 0 Å². The average molecular weight is 331 g/mol. The molecule has 0 fully saturated rings. The van der Waals surface area contributed by atoms with Crippen molar-refractivity contribution in [2.45, 2.75) is 13.8 Å². The summed E-state index contributed by atoms with van der Waals surface area (Å²) >= 11 is 7.07. The Bertz CT molecular complexity index is 195. The van der Waals surface area contributed by atoms with Crippen molar-refractivity contribution in [2.24, 2.45) is 0 Å². The van der Waals surface area contributed by atoms with Crippen LogP contribution < -0.4 is 0 Å². The Balaban J connectivity index is -0.0000000664. The first kappa shape index (κ1) is 25.6. The number of hydrogen-bond acceptors (Lipinski definition) is 1. The third-order valence-electron chi connectivity index (χ3n) is 0.607. The van der Waals surface area contributed by atoms with E-state index in [1.165, 1.54) is 0 Å². The first-order chi connectivity index (χ1) is 7.00. The van der Waals surface area contributed by atoms with E-state index < -0.39 is 5.69 Å². The predicted molar refractivity (Wildman–Crippen MR) is 75.0 cm³/mol. The summed E-state index contributed by atoms with van der Waals surface area (Å²) in [4.78, 5) is 15.7. The molecular weight excluding hydrogens is 313 g/mol. The van der Waals surface area contributed by atoms with Gasteiger partial charge in [-0.25, -0.2) is 0 Å². The molecule has 0 aliphatic rings. The van der Waals surface area contributed by atoms with Gasteiger partial charge in [0, 0.05) is 19.5 Å². The molecule has 0 aromatic heterocycles. The zero-order valence-electron chi connectivity index (χ0n) is 9.71. The summed E-state index contributed by atoms with van der Waals surface area (Å²) in [6, 6.07) is 12.5. The quantitative estimate of drug-likeness (QED) is 0.296. The molecule has 92 valence electrons.